The molecule has 0 bridgehead atoms. The van der Waals surface area contributed by atoms with Crippen molar-refractivity contribution in [3.8, 4) is 5.75 Å². The van der Waals surface area contributed by atoms with Crippen LogP contribution in [0.1, 0.15) is 11.1 Å². The van der Waals surface area contributed by atoms with Crippen LogP contribution in [0.15, 0.2) is 41.6 Å². The molecule has 0 saturated carbocycles. The molecule has 0 aliphatic carbocycles. The Bertz CT molecular complexity index is 727. The summed E-state index contributed by atoms with van der Waals surface area (Å²) < 4.78 is 11.2. The number of benzene rings is 1. The Morgan fingerprint density at radius 2 is 2.00 bits per heavy atom. The van der Waals surface area contributed by atoms with E-state index in [0.29, 0.717) is 13.2 Å². The topological polar surface area (TPSA) is 82.4 Å². The number of carbonyl (C=O) groups is 1. The van der Waals surface area contributed by atoms with Crippen LogP contribution in [-0.2, 0) is 29.2 Å². The summed E-state index contributed by atoms with van der Waals surface area (Å²) in [6.45, 7) is 0.727. The van der Waals surface area contributed by atoms with Crippen LogP contribution in [0.25, 0.3) is 0 Å². The van der Waals surface area contributed by atoms with Crippen LogP contribution in [0.5, 0.6) is 5.75 Å². The maximum absolute atomic E-state index is 12.0. The van der Waals surface area contributed by atoms with Gasteiger partial charge in [0.1, 0.15) is 6.54 Å². The van der Waals surface area contributed by atoms with Gasteiger partial charge in [-0.25, -0.2) is 4.98 Å². The van der Waals surface area contributed by atoms with E-state index in [4.69, 9.17) is 9.47 Å². The molecular formula is C16H19N3O4. The molecule has 1 aromatic heterocycles. The van der Waals surface area contributed by atoms with E-state index in [0.717, 1.165) is 11.1 Å². The van der Waals surface area contributed by atoms with E-state index in [1.165, 1.54) is 24.2 Å². The fourth-order valence-electron chi connectivity index (χ4n) is 2.11. The number of ether oxygens (including phenoxy) is 2. The van der Waals surface area contributed by atoms with Gasteiger partial charge in [-0.3, -0.25) is 14.2 Å². The highest BCUT2D eigenvalue weighted by atomic mass is 16.5. The van der Waals surface area contributed by atoms with Gasteiger partial charge in [0.15, 0.2) is 0 Å². The molecular weight excluding hydrogens is 298 g/mol. The van der Waals surface area contributed by atoms with Crippen molar-refractivity contribution in [1.29, 1.82) is 0 Å². The third kappa shape index (κ3) is 4.40. The fourth-order valence-corrected chi connectivity index (χ4v) is 2.11. The van der Waals surface area contributed by atoms with Crippen LogP contribution in [0.3, 0.4) is 0 Å². The van der Waals surface area contributed by atoms with Crippen molar-refractivity contribution in [3.05, 3.63) is 58.3 Å². The first-order valence-electron chi connectivity index (χ1n) is 7.06. The minimum absolute atomic E-state index is 0.103. The fraction of sp³-hybridized carbons (Fsp3) is 0.312. The average Bonchev–Trinajstić information content (AvgIpc) is 2.56. The number of hydrogen-bond acceptors (Lipinski definition) is 5. The van der Waals surface area contributed by atoms with Crippen molar-refractivity contribution in [1.82, 2.24) is 14.9 Å². The van der Waals surface area contributed by atoms with Gasteiger partial charge in [-0.1, -0.05) is 24.3 Å². The first kappa shape index (κ1) is 16.7. The molecule has 0 atom stereocenters. The summed E-state index contributed by atoms with van der Waals surface area (Å²) in [5.74, 6) is -0.180. The number of amides is 1. The van der Waals surface area contributed by atoms with Gasteiger partial charge in [-0.15, -0.1) is 0 Å². The Labute approximate surface area is 133 Å². The molecule has 0 unspecified atom stereocenters. The molecule has 122 valence electrons. The zero-order chi connectivity index (χ0) is 16.7. The van der Waals surface area contributed by atoms with Crippen molar-refractivity contribution in [2.45, 2.75) is 19.7 Å². The van der Waals surface area contributed by atoms with Gasteiger partial charge in [0.25, 0.3) is 5.56 Å². The Balaban J connectivity index is 2.00. The molecule has 0 spiro atoms. The molecule has 0 aliphatic rings. The van der Waals surface area contributed by atoms with E-state index < -0.39 is 5.56 Å². The molecule has 1 N–H and O–H groups in total. The molecule has 23 heavy (non-hydrogen) atoms. The molecule has 2 aromatic rings. The number of rotatable bonds is 7. The van der Waals surface area contributed by atoms with E-state index >= 15 is 0 Å². The average molecular weight is 317 g/mol. The molecule has 2 rings (SSSR count). The Morgan fingerprint density at radius 1 is 1.26 bits per heavy atom. The molecule has 0 radical (unpaired) electrons. The van der Waals surface area contributed by atoms with E-state index in [1.54, 1.807) is 7.11 Å². The van der Waals surface area contributed by atoms with Crippen molar-refractivity contribution in [2.75, 3.05) is 14.2 Å². The van der Waals surface area contributed by atoms with E-state index in [2.05, 4.69) is 10.3 Å². The summed E-state index contributed by atoms with van der Waals surface area (Å²) in [7, 11) is 3.01. The standard InChI is InChI=1S/C16H19N3O4/c1-22-10-13-6-4-3-5-12(13)7-18-15(20)9-19-11-17-8-14(23-2)16(19)21/h3-6,8,11H,7,9-10H2,1-2H3,(H,18,20). The lowest BCUT2D eigenvalue weighted by molar-refractivity contribution is -0.121. The highest BCUT2D eigenvalue weighted by molar-refractivity contribution is 5.75. The predicted molar refractivity (Wildman–Crippen MR) is 84.1 cm³/mol. The molecule has 0 fully saturated rings. The van der Waals surface area contributed by atoms with Crippen LogP contribution in [0.2, 0.25) is 0 Å². The van der Waals surface area contributed by atoms with Crippen LogP contribution in [0.4, 0.5) is 0 Å². The zero-order valence-electron chi connectivity index (χ0n) is 13.1. The molecule has 1 heterocycles. The minimum atomic E-state index is -0.391. The highest BCUT2D eigenvalue weighted by Crippen LogP contribution is 2.09. The smallest absolute Gasteiger partial charge is 0.296 e. The van der Waals surface area contributed by atoms with Gasteiger partial charge in [0, 0.05) is 13.7 Å². The van der Waals surface area contributed by atoms with Crippen LogP contribution in [-0.4, -0.2) is 29.7 Å². The third-order valence-corrected chi connectivity index (χ3v) is 3.30. The zero-order valence-corrected chi connectivity index (χ0v) is 13.1. The second-order valence-corrected chi connectivity index (χ2v) is 4.87. The van der Waals surface area contributed by atoms with Crippen molar-refractivity contribution >= 4 is 5.91 Å². The van der Waals surface area contributed by atoms with Crippen LogP contribution < -0.4 is 15.6 Å². The number of nitrogens with one attached hydrogen (secondary N) is 1. The maximum Gasteiger partial charge on any atom is 0.296 e. The van der Waals surface area contributed by atoms with E-state index in [9.17, 15) is 9.59 Å². The largest absolute Gasteiger partial charge is 0.490 e. The summed E-state index contributed by atoms with van der Waals surface area (Å²) in [6, 6.07) is 7.69. The third-order valence-electron chi connectivity index (χ3n) is 3.30. The van der Waals surface area contributed by atoms with Crippen molar-refractivity contribution < 1.29 is 14.3 Å². The lowest BCUT2D eigenvalue weighted by Crippen LogP contribution is -2.32. The Hall–Kier alpha value is -2.67. The first-order chi connectivity index (χ1) is 11.2. The molecule has 0 aliphatic heterocycles. The summed E-state index contributed by atoms with van der Waals surface area (Å²) in [4.78, 5) is 27.9. The molecule has 7 nitrogen and oxygen atoms in total. The van der Waals surface area contributed by atoms with Gasteiger partial charge < -0.3 is 14.8 Å². The number of aromatic nitrogens is 2. The van der Waals surface area contributed by atoms with Gasteiger partial charge in [0.2, 0.25) is 11.7 Å². The number of nitrogens with zero attached hydrogens (tertiary/aromatic N) is 2. The lowest BCUT2D eigenvalue weighted by Gasteiger charge is -2.11. The molecule has 1 amide bonds. The highest BCUT2D eigenvalue weighted by Gasteiger charge is 2.09. The Kier molecular flexibility index (Phi) is 5.87. The minimum Gasteiger partial charge on any atom is -0.490 e. The molecule has 1 aromatic carbocycles. The Morgan fingerprint density at radius 3 is 2.70 bits per heavy atom. The van der Waals surface area contributed by atoms with E-state index in [1.807, 2.05) is 24.3 Å². The first-order valence-corrected chi connectivity index (χ1v) is 7.06. The van der Waals surface area contributed by atoms with Gasteiger partial charge in [-0.05, 0) is 11.1 Å². The van der Waals surface area contributed by atoms with Crippen LogP contribution >= 0.6 is 0 Å². The van der Waals surface area contributed by atoms with Gasteiger partial charge in [0.05, 0.1) is 26.2 Å². The van der Waals surface area contributed by atoms with Gasteiger partial charge in [-0.2, -0.15) is 0 Å². The number of hydrogen-bond donors (Lipinski definition) is 1. The summed E-state index contributed by atoms with van der Waals surface area (Å²) in [5.41, 5.74) is 1.59. The molecule has 0 saturated heterocycles. The predicted octanol–water partition coefficient (Wildman–Crippen LogP) is 0.715. The summed E-state index contributed by atoms with van der Waals surface area (Å²) in [6.07, 6.45) is 2.63. The summed E-state index contributed by atoms with van der Waals surface area (Å²) in [5, 5.41) is 2.79. The summed E-state index contributed by atoms with van der Waals surface area (Å²) >= 11 is 0. The second kappa shape index (κ2) is 8.09. The maximum atomic E-state index is 12.0. The van der Waals surface area contributed by atoms with Gasteiger partial charge >= 0.3 is 0 Å². The number of methoxy groups -OCH3 is 2. The quantitative estimate of drug-likeness (QED) is 0.813. The van der Waals surface area contributed by atoms with Crippen molar-refractivity contribution in [3.63, 3.8) is 0 Å². The molecule has 7 heteroatoms. The number of carbonyl (C=O) groups excluding carboxylic acids is 1. The van der Waals surface area contributed by atoms with E-state index in [-0.39, 0.29) is 18.2 Å². The SMILES string of the molecule is COCc1ccccc1CNC(=O)Cn1cncc(OC)c1=O. The van der Waals surface area contributed by atoms with Crippen molar-refractivity contribution in [2.24, 2.45) is 0 Å². The van der Waals surface area contributed by atoms with Crippen LogP contribution in [0, 0.1) is 0 Å². The monoisotopic (exact) mass is 317 g/mol. The lowest BCUT2D eigenvalue weighted by atomic mass is 10.1. The second-order valence-electron chi connectivity index (χ2n) is 4.87. The normalized spacial score (nSPS) is 10.3.